The lowest BCUT2D eigenvalue weighted by atomic mass is 9.49. The van der Waals surface area contributed by atoms with Crippen LogP contribution in [-0.2, 0) is 4.79 Å². The third-order valence-corrected chi connectivity index (χ3v) is 6.59. The molecule has 0 aliphatic heterocycles. The van der Waals surface area contributed by atoms with Crippen molar-refractivity contribution in [1.82, 2.24) is 5.43 Å². The predicted octanol–water partition coefficient (Wildman–Crippen LogP) is 4.01. The first-order valence-electron chi connectivity index (χ1n) is 9.32. The van der Waals surface area contributed by atoms with Crippen molar-refractivity contribution in [1.29, 1.82) is 0 Å². The van der Waals surface area contributed by atoms with Crippen molar-refractivity contribution in [2.75, 3.05) is 0 Å². The number of hydrogen-bond donors (Lipinski definition) is 2. The lowest BCUT2D eigenvalue weighted by Crippen LogP contribution is -2.47. The number of phenolic OH excluding ortho intramolecular Hbond substituents is 1. The van der Waals surface area contributed by atoms with Crippen LogP contribution in [0.15, 0.2) is 17.2 Å². The number of phenols is 1. The molecule has 0 radical (unpaired) electrons. The lowest BCUT2D eigenvalue weighted by Gasteiger charge is -2.56. The van der Waals surface area contributed by atoms with Gasteiger partial charge in [-0.25, -0.2) is 5.43 Å². The van der Waals surface area contributed by atoms with E-state index in [1.165, 1.54) is 31.5 Å². The number of nitrogens with zero attached hydrogens (tertiary/aromatic N) is 2. The van der Waals surface area contributed by atoms with E-state index >= 15 is 0 Å². The monoisotopic (exact) mass is 391 g/mol. The summed E-state index contributed by atoms with van der Waals surface area (Å²) in [5.74, 6) is 1.65. The Bertz CT molecular complexity index is 788. The van der Waals surface area contributed by atoms with Crippen molar-refractivity contribution < 1.29 is 14.8 Å². The Kier molecular flexibility index (Phi) is 4.58. The standard InChI is InChI=1S/C19H22ClN3O4/c20-15-4-14(18(25)16(5-15)23(26)27)10-21-22-17(24)9-19-6-11-1-12(7-19)3-13(2-11)8-19/h4-5,10-13,25H,1-3,6-9H2,(H,22,24). The summed E-state index contributed by atoms with van der Waals surface area (Å²) in [6.07, 6.45) is 9.04. The van der Waals surface area contributed by atoms with E-state index in [2.05, 4.69) is 10.5 Å². The summed E-state index contributed by atoms with van der Waals surface area (Å²) in [4.78, 5) is 22.6. The molecule has 27 heavy (non-hydrogen) atoms. The van der Waals surface area contributed by atoms with Crippen molar-refractivity contribution in [3.63, 3.8) is 0 Å². The Balaban J connectivity index is 1.41. The van der Waals surface area contributed by atoms with Gasteiger partial charge in [0.15, 0.2) is 0 Å². The summed E-state index contributed by atoms with van der Waals surface area (Å²) in [5.41, 5.74) is 2.22. The van der Waals surface area contributed by atoms with Crippen LogP contribution in [-0.4, -0.2) is 22.2 Å². The number of benzene rings is 1. The van der Waals surface area contributed by atoms with E-state index in [1.54, 1.807) is 0 Å². The highest BCUT2D eigenvalue weighted by atomic mass is 35.5. The molecule has 4 aliphatic carbocycles. The van der Waals surface area contributed by atoms with Crippen LogP contribution < -0.4 is 5.43 Å². The molecule has 4 fully saturated rings. The number of hydrazone groups is 1. The van der Waals surface area contributed by atoms with Crippen molar-refractivity contribution in [3.8, 4) is 5.75 Å². The Morgan fingerprint density at radius 3 is 2.44 bits per heavy atom. The summed E-state index contributed by atoms with van der Waals surface area (Å²) < 4.78 is 0. The fraction of sp³-hybridized carbons (Fsp3) is 0.579. The van der Waals surface area contributed by atoms with Crippen LogP contribution in [0.1, 0.15) is 50.5 Å². The Labute approximate surface area is 161 Å². The van der Waals surface area contributed by atoms with Gasteiger partial charge in [0, 0.05) is 23.1 Å². The fourth-order valence-corrected chi connectivity index (χ4v) is 6.12. The van der Waals surface area contributed by atoms with E-state index in [-0.39, 0.29) is 21.9 Å². The molecule has 4 bridgehead atoms. The van der Waals surface area contributed by atoms with Crippen LogP contribution >= 0.6 is 11.6 Å². The molecule has 8 heteroatoms. The number of nitrogens with one attached hydrogen (secondary N) is 1. The molecule has 4 saturated carbocycles. The Morgan fingerprint density at radius 1 is 1.30 bits per heavy atom. The molecule has 1 amide bonds. The molecule has 2 N–H and O–H groups in total. The first-order chi connectivity index (χ1) is 12.8. The number of carbonyl (C=O) groups excluding carboxylic acids is 1. The molecular formula is C19H22ClN3O4. The van der Waals surface area contributed by atoms with Gasteiger partial charge in [-0.2, -0.15) is 5.10 Å². The van der Waals surface area contributed by atoms with E-state index in [4.69, 9.17) is 11.6 Å². The highest BCUT2D eigenvalue weighted by molar-refractivity contribution is 6.31. The molecule has 1 aromatic carbocycles. The number of hydrogen-bond acceptors (Lipinski definition) is 5. The number of carbonyl (C=O) groups is 1. The SMILES string of the molecule is O=C(CC12CC3CC(CC(C3)C1)C2)NN=Cc1cc(Cl)cc([N+](=O)[O-])c1O. The lowest BCUT2D eigenvalue weighted by molar-refractivity contribution is -0.385. The van der Waals surface area contributed by atoms with Gasteiger partial charge < -0.3 is 5.11 Å². The smallest absolute Gasteiger partial charge is 0.312 e. The second-order valence-corrected chi connectivity index (χ2v) is 8.94. The van der Waals surface area contributed by atoms with Crippen LogP contribution in [0.25, 0.3) is 0 Å². The molecular weight excluding hydrogens is 370 g/mol. The van der Waals surface area contributed by atoms with Crippen molar-refractivity contribution in [2.45, 2.75) is 44.9 Å². The predicted molar refractivity (Wildman–Crippen MR) is 101 cm³/mol. The summed E-state index contributed by atoms with van der Waals surface area (Å²) >= 11 is 5.85. The van der Waals surface area contributed by atoms with E-state index in [0.717, 1.165) is 43.1 Å². The second-order valence-electron chi connectivity index (χ2n) is 8.51. The molecule has 5 rings (SSSR count). The van der Waals surface area contributed by atoms with E-state index in [1.807, 2.05) is 0 Å². The minimum absolute atomic E-state index is 0.0873. The van der Waals surface area contributed by atoms with Gasteiger partial charge in [0.05, 0.1) is 11.1 Å². The van der Waals surface area contributed by atoms with Crippen LogP contribution in [0.5, 0.6) is 5.75 Å². The molecule has 144 valence electrons. The average Bonchev–Trinajstić information content (AvgIpc) is 2.55. The molecule has 0 aromatic heterocycles. The summed E-state index contributed by atoms with van der Waals surface area (Å²) in [6, 6.07) is 2.43. The van der Waals surface area contributed by atoms with Crippen molar-refractivity contribution in [2.24, 2.45) is 28.3 Å². The number of aromatic hydroxyl groups is 1. The normalized spacial score (nSPS) is 31.4. The first-order valence-corrected chi connectivity index (χ1v) is 9.70. The van der Waals surface area contributed by atoms with Crippen molar-refractivity contribution in [3.05, 3.63) is 32.8 Å². The highest BCUT2D eigenvalue weighted by Gasteiger charge is 2.51. The number of amides is 1. The van der Waals surface area contributed by atoms with Gasteiger partial charge in [0.25, 0.3) is 0 Å². The third-order valence-electron chi connectivity index (χ3n) is 6.37. The average molecular weight is 392 g/mol. The van der Waals surface area contributed by atoms with Gasteiger partial charge in [0.2, 0.25) is 11.7 Å². The largest absolute Gasteiger partial charge is 0.502 e. The molecule has 0 spiro atoms. The zero-order valence-corrected chi connectivity index (χ0v) is 15.6. The maximum atomic E-state index is 12.4. The summed E-state index contributed by atoms with van der Waals surface area (Å²) in [5, 5.41) is 24.9. The maximum absolute atomic E-state index is 12.4. The van der Waals surface area contributed by atoms with E-state index in [9.17, 15) is 20.0 Å². The molecule has 0 saturated heterocycles. The molecule has 0 unspecified atom stereocenters. The number of halogens is 1. The molecule has 0 atom stereocenters. The topological polar surface area (TPSA) is 105 Å². The van der Waals surface area contributed by atoms with Gasteiger partial charge in [-0.1, -0.05) is 11.6 Å². The number of nitro groups is 1. The van der Waals surface area contributed by atoms with E-state index in [0.29, 0.717) is 6.42 Å². The van der Waals surface area contributed by atoms with Crippen LogP contribution in [0.4, 0.5) is 5.69 Å². The second kappa shape index (κ2) is 6.78. The third kappa shape index (κ3) is 3.65. The Morgan fingerprint density at radius 2 is 1.89 bits per heavy atom. The van der Waals surface area contributed by atoms with E-state index < -0.39 is 16.4 Å². The minimum Gasteiger partial charge on any atom is -0.502 e. The van der Waals surface area contributed by atoms with Crippen LogP contribution in [0.2, 0.25) is 5.02 Å². The number of nitro benzene ring substituents is 1. The summed E-state index contributed by atoms with van der Waals surface area (Å²) in [6.45, 7) is 0. The fourth-order valence-electron chi connectivity index (χ4n) is 5.90. The quantitative estimate of drug-likeness (QED) is 0.449. The highest BCUT2D eigenvalue weighted by Crippen LogP contribution is 2.61. The molecule has 4 aliphatic rings. The number of rotatable bonds is 5. The zero-order chi connectivity index (χ0) is 19.2. The van der Waals surface area contributed by atoms with Gasteiger partial charge >= 0.3 is 5.69 Å². The Hall–Kier alpha value is -2.15. The molecule has 7 nitrogen and oxygen atoms in total. The zero-order valence-electron chi connectivity index (χ0n) is 14.9. The van der Waals surface area contributed by atoms with Crippen LogP contribution in [0.3, 0.4) is 0 Å². The molecule has 1 aromatic rings. The summed E-state index contributed by atoms with van der Waals surface area (Å²) in [7, 11) is 0. The first kappa shape index (κ1) is 18.2. The minimum atomic E-state index is -0.718. The van der Waals surface area contributed by atoms with Gasteiger partial charge in [-0.05, 0) is 67.8 Å². The molecule has 0 heterocycles. The maximum Gasteiger partial charge on any atom is 0.312 e. The van der Waals surface area contributed by atoms with Crippen molar-refractivity contribution >= 4 is 29.4 Å². The van der Waals surface area contributed by atoms with Gasteiger partial charge in [-0.3, -0.25) is 14.9 Å². The van der Waals surface area contributed by atoms with Gasteiger partial charge in [-0.15, -0.1) is 0 Å². The van der Waals surface area contributed by atoms with Crippen LogP contribution in [0, 0.1) is 33.3 Å². The van der Waals surface area contributed by atoms with Gasteiger partial charge in [0.1, 0.15) is 0 Å².